The minimum atomic E-state index is -4.48. The number of primary amides is 1. The molecule has 0 aliphatic carbocycles. The topological polar surface area (TPSA) is 91.2 Å². The van der Waals surface area contributed by atoms with Crippen molar-refractivity contribution in [3.63, 3.8) is 0 Å². The van der Waals surface area contributed by atoms with Crippen molar-refractivity contribution in [3.8, 4) is 11.5 Å². The predicted molar refractivity (Wildman–Crippen MR) is 68.7 cm³/mol. The molecular formula is C13H10F3N3O2. The highest BCUT2D eigenvalue weighted by atomic mass is 19.4. The van der Waals surface area contributed by atoms with Crippen LogP contribution in [-0.4, -0.2) is 10.9 Å². The number of halogens is 3. The number of benzene rings is 1. The Kier molecular flexibility index (Phi) is 3.70. The SMILES string of the molecule is NC(=O)c1cc(Oc2ccc(C(F)(F)F)cc2N)ccn1. The molecule has 0 spiro atoms. The van der Waals surface area contributed by atoms with Crippen LogP contribution >= 0.6 is 0 Å². The number of amides is 1. The highest BCUT2D eigenvalue weighted by Crippen LogP contribution is 2.35. The van der Waals surface area contributed by atoms with Crippen LogP contribution in [0.25, 0.3) is 0 Å². The number of nitrogens with zero attached hydrogens (tertiary/aromatic N) is 1. The number of nitrogen functional groups attached to an aromatic ring is 1. The Balaban J connectivity index is 2.28. The summed E-state index contributed by atoms with van der Waals surface area (Å²) in [7, 11) is 0. The molecule has 0 saturated carbocycles. The molecule has 1 aromatic heterocycles. The van der Waals surface area contributed by atoms with Gasteiger partial charge in [0.15, 0.2) is 0 Å². The zero-order valence-electron chi connectivity index (χ0n) is 10.5. The molecule has 0 radical (unpaired) electrons. The van der Waals surface area contributed by atoms with E-state index < -0.39 is 17.6 Å². The van der Waals surface area contributed by atoms with Crippen LogP contribution in [0.4, 0.5) is 18.9 Å². The van der Waals surface area contributed by atoms with Gasteiger partial charge in [-0.2, -0.15) is 13.2 Å². The Hall–Kier alpha value is -2.77. The normalized spacial score (nSPS) is 11.2. The molecule has 1 aromatic carbocycles. The van der Waals surface area contributed by atoms with Gasteiger partial charge in [0.1, 0.15) is 17.2 Å². The maximum Gasteiger partial charge on any atom is 0.416 e. The van der Waals surface area contributed by atoms with E-state index in [1.54, 1.807) is 0 Å². The predicted octanol–water partition coefficient (Wildman–Crippen LogP) is 2.57. The Morgan fingerprint density at radius 2 is 1.90 bits per heavy atom. The van der Waals surface area contributed by atoms with Crippen molar-refractivity contribution in [2.45, 2.75) is 6.18 Å². The molecule has 0 unspecified atom stereocenters. The Labute approximate surface area is 117 Å². The molecule has 8 heteroatoms. The molecule has 2 rings (SSSR count). The first-order chi connectivity index (χ1) is 9.77. The van der Waals surface area contributed by atoms with E-state index >= 15 is 0 Å². The molecule has 1 heterocycles. The number of nitrogens with two attached hydrogens (primary N) is 2. The van der Waals surface area contributed by atoms with E-state index in [1.165, 1.54) is 18.3 Å². The Morgan fingerprint density at radius 1 is 1.19 bits per heavy atom. The maximum atomic E-state index is 12.5. The van der Waals surface area contributed by atoms with Crippen LogP contribution < -0.4 is 16.2 Å². The van der Waals surface area contributed by atoms with Crippen LogP contribution in [0.15, 0.2) is 36.5 Å². The number of carbonyl (C=O) groups is 1. The van der Waals surface area contributed by atoms with Crippen LogP contribution in [0.5, 0.6) is 11.5 Å². The second-order valence-electron chi connectivity index (χ2n) is 4.09. The number of pyridine rings is 1. The highest BCUT2D eigenvalue weighted by molar-refractivity contribution is 5.91. The molecule has 2 aromatic rings. The van der Waals surface area contributed by atoms with Crippen LogP contribution in [0.3, 0.4) is 0 Å². The molecule has 0 fully saturated rings. The van der Waals surface area contributed by atoms with Gasteiger partial charge >= 0.3 is 6.18 Å². The van der Waals surface area contributed by atoms with Gasteiger partial charge in [-0.25, -0.2) is 0 Å². The van der Waals surface area contributed by atoms with Gasteiger partial charge in [0.2, 0.25) is 0 Å². The largest absolute Gasteiger partial charge is 0.455 e. The van der Waals surface area contributed by atoms with Crippen LogP contribution in [0.2, 0.25) is 0 Å². The van der Waals surface area contributed by atoms with E-state index in [9.17, 15) is 18.0 Å². The molecule has 1 amide bonds. The molecule has 0 atom stereocenters. The van der Waals surface area contributed by atoms with Gasteiger partial charge in [-0.15, -0.1) is 0 Å². The fraction of sp³-hybridized carbons (Fsp3) is 0.0769. The number of carbonyl (C=O) groups excluding carboxylic acids is 1. The third-order valence-electron chi connectivity index (χ3n) is 2.55. The first-order valence-corrected chi connectivity index (χ1v) is 5.68. The number of alkyl halides is 3. The van der Waals surface area contributed by atoms with E-state index in [-0.39, 0.29) is 22.9 Å². The van der Waals surface area contributed by atoms with E-state index in [4.69, 9.17) is 16.2 Å². The average molecular weight is 297 g/mol. The summed E-state index contributed by atoms with van der Waals surface area (Å²) in [5.74, 6) is -0.532. The molecule has 4 N–H and O–H groups in total. The highest BCUT2D eigenvalue weighted by Gasteiger charge is 2.31. The number of hydrogen-bond donors (Lipinski definition) is 2. The first kappa shape index (κ1) is 14.6. The fourth-order valence-corrected chi connectivity index (χ4v) is 1.55. The molecular weight excluding hydrogens is 287 g/mol. The van der Waals surface area contributed by atoms with Gasteiger partial charge in [-0.3, -0.25) is 9.78 Å². The summed E-state index contributed by atoms with van der Waals surface area (Å²) in [6.45, 7) is 0. The van der Waals surface area contributed by atoms with Gasteiger partial charge in [0.25, 0.3) is 5.91 Å². The lowest BCUT2D eigenvalue weighted by molar-refractivity contribution is -0.137. The number of rotatable bonds is 3. The van der Waals surface area contributed by atoms with Crippen molar-refractivity contribution in [3.05, 3.63) is 47.8 Å². The molecule has 0 bridgehead atoms. The summed E-state index contributed by atoms with van der Waals surface area (Å²) < 4.78 is 42.9. The third-order valence-corrected chi connectivity index (χ3v) is 2.55. The van der Waals surface area contributed by atoms with Crippen molar-refractivity contribution in [1.29, 1.82) is 0 Å². The van der Waals surface area contributed by atoms with Gasteiger partial charge < -0.3 is 16.2 Å². The smallest absolute Gasteiger partial charge is 0.416 e. The summed E-state index contributed by atoms with van der Waals surface area (Å²) in [6, 6.07) is 5.40. The monoisotopic (exact) mass is 297 g/mol. The number of ether oxygens (including phenoxy) is 1. The molecule has 110 valence electrons. The van der Waals surface area contributed by atoms with Gasteiger partial charge in [0.05, 0.1) is 11.3 Å². The lowest BCUT2D eigenvalue weighted by Crippen LogP contribution is -2.12. The molecule has 21 heavy (non-hydrogen) atoms. The fourth-order valence-electron chi connectivity index (χ4n) is 1.55. The standard InChI is InChI=1S/C13H10F3N3O2/c14-13(15,16)7-1-2-11(9(17)5-7)21-8-3-4-19-10(6-8)12(18)20/h1-6H,17H2,(H2,18,20). The van der Waals surface area contributed by atoms with Crippen molar-refractivity contribution in [2.24, 2.45) is 5.73 Å². The second kappa shape index (κ2) is 5.31. The van der Waals surface area contributed by atoms with Gasteiger partial charge in [-0.1, -0.05) is 0 Å². The number of aromatic nitrogens is 1. The molecule has 0 aliphatic rings. The second-order valence-corrected chi connectivity index (χ2v) is 4.09. The summed E-state index contributed by atoms with van der Waals surface area (Å²) in [4.78, 5) is 14.7. The third kappa shape index (κ3) is 3.41. The lowest BCUT2D eigenvalue weighted by atomic mass is 10.2. The van der Waals surface area contributed by atoms with Crippen LogP contribution in [0, 0.1) is 0 Å². The van der Waals surface area contributed by atoms with Crippen molar-refractivity contribution in [1.82, 2.24) is 4.98 Å². The quantitative estimate of drug-likeness (QED) is 0.852. The first-order valence-electron chi connectivity index (χ1n) is 5.68. The van der Waals surface area contributed by atoms with E-state index in [1.807, 2.05) is 0 Å². The molecule has 0 saturated heterocycles. The lowest BCUT2D eigenvalue weighted by Gasteiger charge is -2.12. The Morgan fingerprint density at radius 3 is 2.48 bits per heavy atom. The Bertz CT molecular complexity index is 687. The summed E-state index contributed by atoms with van der Waals surface area (Å²) in [5, 5.41) is 0. The van der Waals surface area contributed by atoms with Crippen molar-refractivity contribution in [2.75, 3.05) is 5.73 Å². The molecule has 5 nitrogen and oxygen atoms in total. The summed E-state index contributed by atoms with van der Waals surface area (Å²) in [6.07, 6.45) is -3.20. The van der Waals surface area contributed by atoms with Gasteiger partial charge in [-0.05, 0) is 24.3 Å². The zero-order valence-corrected chi connectivity index (χ0v) is 10.5. The van der Waals surface area contributed by atoms with Gasteiger partial charge in [0, 0.05) is 12.3 Å². The van der Waals surface area contributed by atoms with Crippen molar-refractivity contribution < 1.29 is 22.7 Å². The average Bonchev–Trinajstić information content (AvgIpc) is 2.40. The van der Waals surface area contributed by atoms with Crippen LogP contribution in [0.1, 0.15) is 16.1 Å². The van der Waals surface area contributed by atoms with E-state index in [2.05, 4.69) is 4.98 Å². The maximum absolute atomic E-state index is 12.5. The number of anilines is 1. The van der Waals surface area contributed by atoms with E-state index in [0.29, 0.717) is 0 Å². The minimum absolute atomic E-state index is 0.0296. The van der Waals surface area contributed by atoms with Crippen LogP contribution in [-0.2, 0) is 6.18 Å². The molecule has 0 aliphatic heterocycles. The zero-order chi connectivity index (χ0) is 15.6. The minimum Gasteiger partial charge on any atom is -0.455 e. The van der Waals surface area contributed by atoms with E-state index in [0.717, 1.165) is 18.2 Å². The number of hydrogen-bond acceptors (Lipinski definition) is 4. The van der Waals surface area contributed by atoms with Crippen molar-refractivity contribution >= 4 is 11.6 Å². The summed E-state index contributed by atoms with van der Waals surface area (Å²) in [5.41, 5.74) is 9.52. The summed E-state index contributed by atoms with van der Waals surface area (Å²) >= 11 is 0.